The number of hydrogen-bond acceptors (Lipinski definition) is 3. The van der Waals surface area contributed by atoms with Gasteiger partial charge in [-0.05, 0) is 19.4 Å². The molecule has 0 saturated carbocycles. The van der Waals surface area contributed by atoms with Crippen molar-refractivity contribution in [3.8, 4) is 0 Å². The number of aryl methyl sites for hydroxylation is 1. The first-order chi connectivity index (χ1) is 9.56. The molecule has 1 aromatic heterocycles. The first-order valence-electron chi connectivity index (χ1n) is 6.49. The van der Waals surface area contributed by atoms with Crippen molar-refractivity contribution in [2.75, 3.05) is 6.61 Å². The third-order valence-electron chi connectivity index (χ3n) is 3.18. The Labute approximate surface area is 118 Å². The summed E-state index contributed by atoms with van der Waals surface area (Å²) in [6.07, 6.45) is 1.68. The van der Waals surface area contributed by atoms with E-state index in [0.29, 0.717) is 29.0 Å². The highest BCUT2D eigenvalue weighted by Crippen LogP contribution is 2.20. The molecule has 0 fully saturated rings. The number of ketones is 1. The maximum absolute atomic E-state index is 12.4. The van der Waals surface area contributed by atoms with E-state index >= 15 is 0 Å². The largest absolute Gasteiger partial charge is 0.461 e. The molecule has 1 aromatic carbocycles. The number of esters is 1. The maximum atomic E-state index is 12.4. The van der Waals surface area contributed by atoms with Gasteiger partial charge in [0.1, 0.15) is 5.69 Å². The van der Waals surface area contributed by atoms with Gasteiger partial charge in [0.25, 0.3) is 0 Å². The summed E-state index contributed by atoms with van der Waals surface area (Å²) in [4.78, 5) is 24.4. The molecule has 0 aliphatic heterocycles. The first-order valence-corrected chi connectivity index (χ1v) is 6.49. The van der Waals surface area contributed by atoms with Crippen molar-refractivity contribution in [2.45, 2.75) is 13.8 Å². The van der Waals surface area contributed by atoms with E-state index in [0.717, 1.165) is 0 Å². The monoisotopic (exact) mass is 271 g/mol. The van der Waals surface area contributed by atoms with Crippen LogP contribution in [-0.4, -0.2) is 22.9 Å². The number of ether oxygens (including phenoxy) is 1. The van der Waals surface area contributed by atoms with Gasteiger partial charge in [-0.1, -0.05) is 30.3 Å². The number of rotatable bonds is 4. The minimum absolute atomic E-state index is 0.0887. The molecule has 20 heavy (non-hydrogen) atoms. The third-order valence-corrected chi connectivity index (χ3v) is 3.18. The van der Waals surface area contributed by atoms with Gasteiger partial charge >= 0.3 is 5.97 Å². The molecule has 0 bridgehead atoms. The predicted molar refractivity (Wildman–Crippen MR) is 76.0 cm³/mol. The summed E-state index contributed by atoms with van der Waals surface area (Å²) in [5.74, 6) is -0.492. The zero-order valence-corrected chi connectivity index (χ0v) is 11.8. The van der Waals surface area contributed by atoms with Gasteiger partial charge in [-0.3, -0.25) is 4.79 Å². The summed E-state index contributed by atoms with van der Waals surface area (Å²) in [6, 6.07) is 9.02. The summed E-state index contributed by atoms with van der Waals surface area (Å²) in [6.45, 7) is 3.83. The SMILES string of the molecule is CCOC(=O)c1c(C)c(C(=O)c2ccccc2)cn1C. The van der Waals surface area contributed by atoms with Crippen molar-refractivity contribution in [2.24, 2.45) is 7.05 Å². The van der Waals surface area contributed by atoms with Crippen molar-refractivity contribution in [1.82, 2.24) is 4.57 Å². The second-order valence-corrected chi connectivity index (χ2v) is 4.54. The smallest absolute Gasteiger partial charge is 0.355 e. The van der Waals surface area contributed by atoms with Crippen molar-refractivity contribution in [3.63, 3.8) is 0 Å². The molecule has 0 saturated heterocycles. The quantitative estimate of drug-likeness (QED) is 0.634. The fraction of sp³-hybridized carbons (Fsp3) is 0.250. The van der Waals surface area contributed by atoms with Gasteiger partial charge in [-0.15, -0.1) is 0 Å². The molecular formula is C16H17NO3. The lowest BCUT2D eigenvalue weighted by atomic mass is 10.0. The lowest BCUT2D eigenvalue weighted by Gasteiger charge is -2.04. The average molecular weight is 271 g/mol. The van der Waals surface area contributed by atoms with E-state index < -0.39 is 5.97 Å². The molecule has 104 valence electrons. The highest BCUT2D eigenvalue weighted by atomic mass is 16.5. The number of carbonyl (C=O) groups is 2. The van der Waals surface area contributed by atoms with Crippen LogP contribution in [-0.2, 0) is 11.8 Å². The number of carbonyl (C=O) groups excluding carboxylic acids is 2. The zero-order valence-electron chi connectivity index (χ0n) is 11.8. The topological polar surface area (TPSA) is 48.3 Å². The summed E-state index contributed by atoms with van der Waals surface area (Å²) in [5.41, 5.74) is 2.21. The Hall–Kier alpha value is -2.36. The van der Waals surface area contributed by atoms with Crippen LogP contribution in [0.25, 0.3) is 0 Å². The average Bonchev–Trinajstić information content (AvgIpc) is 2.74. The number of aromatic nitrogens is 1. The van der Waals surface area contributed by atoms with E-state index in [4.69, 9.17) is 4.74 Å². The molecule has 2 rings (SSSR count). The van der Waals surface area contributed by atoms with Crippen LogP contribution < -0.4 is 0 Å². The molecule has 0 atom stereocenters. The van der Waals surface area contributed by atoms with Crippen LogP contribution in [0.1, 0.15) is 38.9 Å². The Bertz CT molecular complexity index is 641. The number of hydrogen-bond donors (Lipinski definition) is 0. The lowest BCUT2D eigenvalue weighted by Crippen LogP contribution is -2.11. The normalized spacial score (nSPS) is 10.3. The molecule has 0 unspecified atom stereocenters. The Morgan fingerprint density at radius 1 is 1.20 bits per heavy atom. The molecular weight excluding hydrogens is 254 g/mol. The standard InChI is InChI=1S/C16H17NO3/c1-4-20-16(19)14-11(2)13(10-17(14)3)15(18)12-8-6-5-7-9-12/h5-10H,4H2,1-3H3. The van der Waals surface area contributed by atoms with Crippen molar-refractivity contribution < 1.29 is 14.3 Å². The minimum atomic E-state index is -0.403. The van der Waals surface area contributed by atoms with Crippen LogP contribution >= 0.6 is 0 Å². The lowest BCUT2D eigenvalue weighted by molar-refractivity contribution is 0.0514. The molecule has 0 amide bonds. The summed E-state index contributed by atoms with van der Waals surface area (Å²) in [7, 11) is 1.74. The number of benzene rings is 1. The van der Waals surface area contributed by atoms with Gasteiger partial charge < -0.3 is 9.30 Å². The molecule has 4 nitrogen and oxygen atoms in total. The summed E-state index contributed by atoms with van der Waals surface area (Å²) >= 11 is 0. The van der Waals surface area contributed by atoms with Crippen LogP contribution in [0.4, 0.5) is 0 Å². The highest BCUT2D eigenvalue weighted by Gasteiger charge is 2.22. The Balaban J connectivity index is 2.42. The molecule has 4 heteroatoms. The van der Waals surface area contributed by atoms with Crippen LogP contribution in [0.15, 0.2) is 36.5 Å². The summed E-state index contributed by atoms with van der Waals surface area (Å²) < 4.78 is 6.66. The fourth-order valence-electron chi connectivity index (χ4n) is 2.22. The summed E-state index contributed by atoms with van der Waals surface area (Å²) in [5, 5.41) is 0. The zero-order chi connectivity index (χ0) is 14.7. The van der Waals surface area contributed by atoms with E-state index in [-0.39, 0.29) is 5.78 Å². The molecule has 0 spiro atoms. The van der Waals surface area contributed by atoms with Crippen molar-refractivity contribution >= 4 is 11.8 Å². The molecule has 0 aliphatic carbocycles. The predicted octanol–water partition coefficient (Wildman–Crippen LogP) is 2.74. The van der Waals surface area contributed by atoms with Gasteiger partial charge in [-0.2, -0.15) is 0 Å². The van der Waals surface area contributed by atoms with E-state index in [1.807, 2.05) is 18.2 Å². The maximum Gasteiger partial charge on any atom is 0.355 e. The Kier molecular flexibility index (Phi) is 4.03. The second kappa shape index (κ2) is 5.74. The van der Waals surface area contributed by atoms with Gasteiger partial charge in [-0.25, -0.2) is 4.79 Å². The van der Waals surface area contributed by atoms with Crippen molar-refractivity contribution in [1.29, 1.82) is 0 Å². The van der Waals surface area contributed by atoms with E-state index in [1.54, 1.807) is 43.8 Å². The fourth-order valence-corrected chi connectivity index (χ4v) is 2.22. The van der Waals surface area contributed by atoms with Gasteiger partial charge in [0.15, 0.2) is 5.78 Å². The van der Waals surface area contributed by atoms with Gasteiger partial charge in [0.2, 0.25) is 0 Å². The highest BCUT2D eigenvalue weighted by molar-refractivity contribution is 6.11. The first kappa shape index (κ1) is 14.1. The van der Waals surface area contributed by atoms with Gasteiger partial charge in [0, 0.05) is 24.4 Å². The molecule has 0 radical (unpaired) electrons. The molecule has 0 N–H and O–H groups in total. The Morgan fingerprint density at radius 3 is 2.45 bits per heavy atom. The van der Waals surface area contributed by atoms with E-state index in [2.05, 4.69) is 0 Å². The molecule has 1 heterocycles. The third kappa shape index (κ3) is 2.50. The van der Waals surface area contributed by atoms with Crippen molar-refractivity contribution in [3.05, 3.63) is 58.9 Å². The Morgan fingerprint density at radius 2 is 1.85 bits per heavy atom. The second-order valence-electron chi connectivity index (χ2n) is 4.54. The van der Waals surface area contributed by atoms with Crippen LogP contribution in [0.2, 0.25) is 0 Å². The van der Waals surface area contributed by atoms with E-state index in [1.165, 1.54) is 0 Å². The van der Waals surface area contributed by atoms with Crippen LogP contribution in [0, 0.1) is 6.92 Å². The van der Waals surface area contributed by atoms with E-state index in [9.17, 15) is 9.59 Å². The number of nitrogens with zero attached hydrogens (tertiary/aromatic N) is 1. The molecule has 2 aromatic rings. The van der Waals surface area contributed by atoms with Crippen LogP contribution in [0.5, 0.6) is 0 Å². The minimum Gasteiger partial charge on any atom is -0.461 e. The van der Waals surface area contributed by atoms with Crippen LogP contribution in [0.3, 0.4) is 0 Å². The molecule has 0 aliphatic rings. The van der Waals surface area contributed by atoms with Gasteiger partial charge in [0.05, 0.1) is 6.61 Å².